The molecule has 1 heterocycles. The van der Waals surface area contributed by atoms with Crippen LogP contribution in [0.15, 0.2) is 41.7 Å². The third kappa shape index (κ3) is 1.33. The van der Waals surface area contributed by atoms with Gasteiger partial charge in [0.1, 0.15) is 0 Å². The average molecular weight is 186 g/mol. The minimum absolute atomic E-state index is 0.578. The van der Waals surface area contributed by atoms with Gasteiger partial charge in [0.25, 0.3) is 0 Å². The highest BCUT2D eigenvalue weighted by atomic mass is 16.4. The second-order valence-electron chi connectivity index (χ2n) is 3.07. The van der Waals surface area contributed by atoms with E-state index in [1.165, 1.54) is 0 Å². The molecule has 0 bridgehead atoms. The van der Waals surface area contributed by atoms with Crippen LogP contribution >= 0.6 is 0 Å². The molecule has 2 aromatic rings. The summed E-state index contributed by atoms with van der Waals surface area (Å²) in [5, 5.41) is 12.9. The van der Waals surface area contributed by atoms with E-state index in [1.54, 1.807) is 13.1 Å². The molecule has 1 aromatic carbocycles. The zero-order valence-corrected chi connectivity index (χ0v) is 7.81. The van der Waals surface area contributed by atoms with E-state index in [2.05, 4.69) is 10.1 Å². The van der Waals surface area contributed by atoms with Crippen molar-refractivity contribution >= 4 is 16.6 Å². The Morgan fingerprint density at radius 1 is 1.29 bits per heavy atom. The number of aromatic nitrogens is 1. The molecule has 3 nitrogen and oxygen atoms in total. The van der Waals surface area contributed by atoms with Gasteiger partial charge in [-0.3, -0.25) is 4.98 Å². The highest BCUT2D eigenvalue weighted by Gasteiger charge is 2.03. The van der Waals surface area contributed by atoms with Crippen LogP contribution in [0.5, 0.6) is 0 Å². The standard InChI is InChI=1S/C11H10N2O/c1-8(13-14)10-6-2-4-9-5-3-7-12-11(9)10/h2-7,14H,1H3/b13-8+. The summed E-state index contributed by atoms with van der Waals surface area (Å²) in [5.74, 6) is 0. The van der Waals surface area contributed by atoms with Crippen LogP contribution in [0.25, 0.3) is 10.9 Å². The van der Waals surface area contributed by atoms with E-state index in [-0.39, 0.29) is 0 Å². The van der Waals surface area contributed by atoms with Gasteiger partial charge in [-0.2, -0.15) is 0 Å². The van der Waals surface area contributed by atoms with E-state index >= 15 is 0 Å². The van der Waals surface area contributed by atoms with Gasteiger partial charge in [0.2, 0.25) is 0 Å². The number of nitrogens with zero attached hydrogens (tertiary/aromatic N) is 2. The van der Waals surface area contributed by atoms with Crippen molar-refractivity contribution < 1.29 is 5.21 Å². The highest BCUT2D eigenvalue weighted by molar-refractivity contribution is 6.08. The van der Waals surface area contributed by atoms with Crippen LogP contribution in [0.3, 0.4) is 0 Å². The van der Waals surface area contributed by atoms with Crippen LogP contribution in [0, 0.1) is 0 Å². The SMILES string of the molecule is C/C(=N\O)c1cccc2cccnc12. The van der Waals surface area contributed by atoms with Gasteiger partial charge in [-0.25, -0.2) is 0 Å². The largest absolute Gasteiger partial charge is 0.411 e. The van der Waals surface area contributed by atoms with Crippen molar-refractivity contribution in [1.82, 2.24) is 4.98 Å². The summed E-state index contributed by atoms with van der Waals surface area (Å²) in [6.07, 6.45) is 1.73. The first-order valence-electron chi connectivity index (χ1n) is 4.35. The molecule has 14 heavy (non-hydrogen) atoms. The lowest BCUT2D eigenvalue weighted by Gasteiger charge is -2.02. The Kier molecular flexibility index (Phi) is 2.14. The van der Waals surface area contributed by atoms with Crippen LogP contribution in [0.2, 0.25) is 0 Å². The molecule has 0 aliphatic carbocycles. The molecule has 0 unspecified atom stereocenters. The van der Waals surface area contributed by atoms with E-state index < -0.39 is 0 Å². The normalized spacial score (nSPS) is 11.9. The smallest absolute Gasteiger partial charge is 0.0858 e. The monoisotopic (exact) mass is 186 g/mol. The highest BCUT2D eigenvalue weighted by Crippen LogP contribution is 2.16. The van der Waals surface area contributed by atoms with Gasteiger partial charge in [-0.1, -0.05) is 29.4 Å². The Hall–Kier alpha value is -1.90. The fourth-order valence-electron chi connectivity index (χ4n) is 1.45. The molecular formula is C11H10N2O. The van der Waals surface area contributed by atoms with Crippen LogP contribution in [-0.2, 0) is 0 Å². The Labute approximate surface area is 81.7 Å². The number of fused-ring (bicyclic) bond motifs is 1. The first-order valence-corrected chi connectivity index (χ1v) is 4.35. The fourth-order valence-corrected chi connectivity index (χ4v) is 1.45. The quantitative estimate of drug-likeness (QED) is 0.422. The number of oxime groups is 1. The van der Waals surface area contributed by atoms with Crippen molar-refractivity contribution in [3.8, 4) is 0 Å². The van der Waals surface area contributed by atoms with Crippen LogP contribution in [-0.4, -0.2) is 15.9 Å². The molecular weight excluding hydrogens is 176 g/mol. The number of benzene rings is 1. The van der Waals surface area contributed by atoms with E-state index in [0.29, 0.717) is 5.71 Å². The van der Waals surface area contributed by atoms with Gasteiger partial charge in [0.15, 0.2) is 0 Å². The van der Waals surface area contributed by atoms with Crippen molar-refractivity contribution in [1.29, 1.82) is 0 Å². The van der Waals surface area contributed by atoms with Gasteiger partial charge in [0.05, 0.1) is 11.2 Å². The summed E-state index contributed by atoms with van der Waals surface area (Å²) < 4.78 is 0. The Bertz CT molecular complexity index is 486. The molecule has 0 fully saturated rings. The van der Waals surface area contributed by atoms with Gasteiger partial charge in [-0.15, -0.1) is 0 Å². The maximum absolute atomic E-state index is 8.71. The Balaban J connectivity index is 2.77. The van der Waals surface area contributed by atoms with Crippen molar-refractivity contribution in [2.75, 3.05) is 0 Å². The van der Waals surface area contributed by atoms with Crippen molar-refractivity contribution in [2.24, 2.45) is 5.16 Å². The summed E-state index contributed by atoms with van der Waals surface area (Å²) in [6, 6.07) is 9.67. The zero-order chi connectivity index (χ0) is 9.97. The molecule has 0 radical (unpaired) electrons. The molecule has 0 aliphatic rings. The number of hydrogen-bond donors (Lipinski definition) is 1. The Morgan fingerprint density at radius 3 is 2.86 bits per heavy atom. The lowest BCUT2D eigenvalue weighted by atomic mass is 10.1. The van der Waals surface area contributed by atoms with Crippen LogP contribution in [0.1, 0.15) is 12.5 Å². The first-order chi connectivity index (χ1) is 6.83. The molecule has 0 amide bonds. The molecule has 3 heteroatoms. The molecule has 0 atom stereocenters. The predicted octanol–water partition coefficient (Wildman–Crippen LogP) is 2.43. The van der Waals surface area contributed by atoms with Crippen molar-refractivity contribution in [2.45, 2.75) is 6.92 Å². The van der Waals surface area contributed by atoms with Gasteiger partial charge in [-0.05, 0) is 13.0 Å². The molecule has 0 aliphatic heterocycles. The molecule has 0 saturated heterocycles. The van der Waals surface area contributed by atoms with E-state index in [9.17, 15) is 0 Å². The van der Waals surface area contributed by atoms with E-state index in [4.69, 9.17) is 5.21 Å². The molecule has 1 aromatic heterocycles. The van der Waals surface area contributed by atoms with E-state index in [0.717, 1.165) is 16.5 Å². The topological polar surface area (TPSA) is 45.5 Å². The molecule has 0 saturated carbocycles. The first kappa shape index (κ1) is 8.69. The van der Waals surface area contributed by atoms with Crippen LogP contribution < -0.4 is 0 Å². The summed E-state index contributed by atoms with van der Waals surface area (Å²) in [4.78, 5) is 4.26. The summed E-state index contributed by atoms with van der Waals surface area (Å²) in [7, 11) is 0. The lowest BCUT2D eigenvalue weighted by Crippen LogP contribution is -1.96. The van der Waals surface area contributed by atoms with Crippen LogP contribution in [0.4, 0.5) is 0 Å². The number of para-hydroxylation sites is 1. The summed E-state index contributed by atoms with van der Waals surface area (Å²) >= 11 is 0. The number of rotatable bonds is 1. The maximum atomic E-state index is 8.71. The predicted molar refractivity (Wildman–Crippen MR) is 55.7 cm³/mol. The zero-order valence-electron chi connectivity index (χ0n) is 7.81. The van der Waals surface area contributed by atoms with Crippen molar-refractivity contribution in [3.63, 3.8) is 0 Å². The third-order valence-electron chi connectivity index (χ3n) is 2.17. The molecule has 70 valence electrons. The minimum atomic E-state index is 0.578. The Morgan fingerprint density at radius 2 is 2.07 bits per heavy atom. The van der Waals surface area contributed by atoms with E-state index in [1.807, 2.05) is 30.3 Å². The molecule has 0 spiro atoms. The van der Waals surface area contributed by atoms with Gasteiger partial charge in [0, 0.05) is 17.1 Å². The number of hydrogen-bond acceptors (Lipinski definition) is 3. The minimum Gasteiger partial charge on any atom is -0.411 e. The lowest BCUT2D eigenvalue weighted by molar-refractivity contribution is 0.319. The third-order valence-corrected chi connectivity index (χ3v) is 2.17. The molecule has 2 rings (SSSR count). The second-order valence-corrected chi connectivity index (χ2v) is 3.07. The fraction of sp³-hybridized carbons (Fsp3) is 0.0909. The van der Waals surface area contributed by atoms with Gasteiger partial charge >= 0.3 is 0 Å². The number of pyridine rings is 1. The second kappa shape index (κ2) is 3.46. The van der Waals surface area contributed by atoms with Gasteiger partial charge < -0.3 is 5.21 Å². The maximum Gasteiger partial charge on any atom is 0.0858 e. The molecule has 1 N–H and O–H groups in total. The average Bonchev–Trinajstić information content (AvgIpc) is 2.27. The summed E-state index contributed by atoms with van der Waals surface area (Å²) in [5.41, 5.74) is 2.31. The summed E-state index contributed by atoms with van der Waals surface area (Å²) in [6.45, 7) is 1.75. The van der Waals surface area contributed by atoms with Crippen molar-refractivity contribution in [3.05, 3.63) is 42.1 Å².